The Hall–Kier alpha value is -1.08. The molecule has 1 saturated heterocycles. The van der Waals surface area contributed by atoms with E-state index in [0.717, 1.165) is 0 Å². The predicted octanol–water partition coefficient (Wildman–Crippen LogP) is 3.63. The van der Waals surface area contributed by atoms with E-state index in [1.54, 1.807) is 0 Å². The average Bonchev–Trinajstić information content (AvgIpc) is 3.11. The van der Waals surface area contributed by atoms with E-state index in [1.807, 2.05) is 0 Å². The molecule has 0 radical (unpaired) electrons. The van der Waals surface area contributed by atoms with E-state index in [4.69, 9.17) is 4.74 Å². The maximum Gasteiger partial charge on any atom is 0.113 e. The van der Waals surface area contributed by atoms with Crippen LogP contribution in [0.15, 0.2) is 42.0 Å². The molecule has 15 heavy (non-hydrogen) atoms. The molecule has 0 N–H and O–H groups in total. The fourth-order valence-electron chi connectivity index (χ4n) is 2.41. The van der Waals surface area contributed by atoms with Crippen molar-refractivity contribution in [2.45, 2.75) is 37.9 Å². The van der Waals surface area contributed by atoms with Gasteiger partial charge in [-0.15, -0.1) is 0 Å². The molecule has 2 aliphatic rings. The van der Waals surface area contributed by atoms with Crippen molar-refractivity contribution in [3.8, 4) is 0 Å². The molecule has 1 heterocycles. The predicted molar refractivity (Wildman–Crippen MR) is 60.6 cm³/mol. The van der Waals surface area contributed by atoms with E-state index in [0.29, 0.717) is 12.2 Å². The SMILES string of the molecule is C1=C([C@@H]2O[C@@H]2c2ccccc2)CCCC1. The Labute approximate surface area is 90.8 Å². The fourth-order valence-corrected chi connectivity index (χ4v) is 2.41. The van der Waals surface area contributed by atoms with Crippen molar-refractivity contribution in [3.63, 3.8) is 0 Å². The van der Waals surface area contributed by atoms with Gasteiger partial charge in [-0.3, -0.25) is 0 Å². The summed E-state index contributed by atoms with van der Waals surface area (Å²) < 4.78 is 5.77. The first-order valence-corrected chi connectivity index (χ1v) is 5.84. The van der Waals surface area contributed by atoms with Crippen LogP contribution in [0.5, 0.6) is 0 Å². The quantitative estimate of drug-likeness (QED) is 0.524. The van der Waals surface area contributed by atoms with Gasteiger partial charge in [-0.1, -0.05) is 36.4 Å². The standard InChI is InChI=1S/C14H16O/c1-3-7-11(8-4-1)13-14(15-13)12-9-5-2-6-10-12/h1,3-4,7-9,13-14H,2,5-6,10H2/t13-,14+/m1/s1. The van der Waals surface area contributed by atoms with E-state index < -0.39 is 0 Å². The molecule has 0 amide bonds. The lowest BCUT2D eigenvalue weighted by atomic mass is 9.94. The van der Waals surface area contributed by atoms with Crippen molar-refractivity contribution in [3.05, 3.63) is 47.5 Å². The molecule has 1 aromatic rings. The first-order chi connectivity index (χ1) is 7.45. The van der Waals surface area contributed by atoms with Crippen LogP contribution in [-0.2, 0) is 4.74 Å². The maximum absolute atomic E-state index is 5.77. The zero-order chi connectivity index (χ0) is 10.1. The second-order valence-electron chi connectivity index (χ2n) is 4.41. The molecule has 3 rings (SSSR count). The molecule has 0 spiro atoms. The van der Waals surface area contributed by atoms with Crippen LogP contribution in [0.1, 0.15) is 37.4 Å². The van der Waals surface area contributed by atoms with Gasteiger partial charge in [0.25, 0.3) is 0 Å². The Morgan fingerprint density at radius 1 is 1.00 bits per heavy atom. The lowest BCUT2D eigenvalue weighted by molar-refractivity contribution is 0.384. The molecule has 1 aliphatic carbocycles. The molecule has 0 aromatic heterocycles. The van der Waals surface area contributed by atoms with Gasteiger partial charge in [-0.2, -0.15) is 0 Å². The summed E-state index contributed by atoms with van der Waals surface area (Å²) in [4.78, 5) is 0. The molecule has 2 atom stereocenters. The topological polar surface area (TPSA) is 12.5 Å². The van der Waals surface area contributed by atoms with Gasteiger partial charge in [0.15, 0.2) is 0 Å². The maximum atomic E-state index is 5.77. The van der Waals surface area contributed by atoms with Crippen molar-refractivity contribution in [1.82, 2.24) is 0 Å². The van der Waals surface area contributed by atoms with Gasteiger partial charge >= 0.3 is 0 Å². The monoisotopic (exact) mass is 200 g/mol. The fraction of sp³-hybridized carbons (Fsp3) is 0.429. The Balaban J connectivity index is 1.71. The largest absolute Gasteiger partial charge is 0.360 e. The van der Waals surface area contributed by atoms with E-state index in [1.165, 1.54) is 36.8 Å². The number of hydrogen-bond donors (Lipinski definition) is 0. The summed E-state index contributed by atoms with van der Waals surface area (Å²) in [5.74, 6) is 0. The van der Waals surface area contributed by atoms with Crippen LogP contribution in [0.2, 0.25) is 0 Å². The molecule has 0 bridgehead atoms. The summed E-state index contributed by atoms with van der Waals surface area (Å²) in [5, 5.41) is 0. The molecule has 0 unspecified atom stereocenters. The summed E-state index contributed by atoms with van der Waals surface area (Å²) in [6, 6.07) is 10.6. The van der Waals surface area contributed by atoms with Gasteiger partial charge in [0.1, 0.15) is 12.2 Å². The van der Waals surface area contributed by atoms with Gasteiger partial charge in [0, 0.05) is 0 Å². The minimum atomic E-state index is 0.343. The summed E-state index contributed by atoms with van der Waals surface area (Å²) in [7, 11) is 0. The normalized spacial score (nSPS) is 29.7. The highest BCUT2D eigenvalue weighted by Gasteiger charge is 2.42. The molecule has 0 saturated carbocycles. The molecule has 1 aliphatic heterocycles. The summed E-state index contributed by atoms with van der Waals surface area (Å²) in [6.07, 6.45) is 8.31. The van der Waals surface area contributed by atoms with Crippen LogP contribution in [-0.4, -0.2) is 6.10 Å². The van der Waals surface area contributed by atoms with Crippen molar-refractivity contribution >= 4 is 0 Å². The molecule has 78 valence electrons. The van der Waals surface area contributed by atoms with E-state index in [2.05, 4.69) is 36.4 Å². The lowest BCUT2D eigenvalue weighted by Gasteiger charge is -2.09. The highest BCUT2D eigenvalue weighted by Crippen LogP contribution is 2.45. The van der Waals surface area contributed by atoms with Crippen molar-refractivity contribution in [2.24, 2.45) is 0 Å². The minimum Gasteiger partial charge on any atom is -0.360 e. The van der Waals surface area contributed by atoms with Crippen LogP contribution < -0.4 is 0 Å². The van der Waals surface area contributed by atoms with Crippen LogP contribution in [0.25, 0.3) is 0 Å². The third kappa shape index (κ3) is 1.84. The number of hydrogen-bond acceptors (Lipinski definition) is 1. The first kappa shape index (κ1) is 9.17. The van der Waals surface area contributed by atoms with E-state index in [-0.39, 0.29) is 0 Å². The third-order valence-corrected chi connectivity index (χ3v) is 3.31. The average molecular weight is 200 g/mol. The number of allylic oxidation sites excluding steroid dienone is 1. The minimum absolute atomic E-state index is 0.343. The van der Waals surface area contributed by atoms with Gasteiger partial charge in [0.2, 0.25) is 0 Å². The summed E-state index contributed by atoms with van der Waals surface area (Å²) in [5.41, 5.74) is 2.86. The molecule has 1 nitrogen and oxygen atoms in total. The Bertz CT molecular complexity index is 366. The molecule has 1 heteroatoms. The van der Waals surface area contributed by atoms with E-state index in [9.17, 15) is 0 Å². The number of rotatable bonds is 2. The molecule has 1 aromatic carbocycles. The van der Waals surface area contributed by atoms with Crippen molar-refractivity contribution < 1.29 is 4.74 Å². The second kappa shape index (κ2) is 3.82. The zero-order valence-electron chi connectivity index (χ0n) is 8.86. The number of benzene rings is 1. The lowest BCUT2D eigenvalue weighted by Crippen LogP contribution is -1.99. The van der Waals surface area contributed by atoms with Gasteiger partial charge in [0.05, 0.1) is 0 Å². The van der Waals surface area contributed by atoms with Gasteiger partial charge in [-0.05, 0) is 36.8 Å². The van der Waals surface area contributed by atoms with Crippen molar-refractivity contribution in [2.75, 3.05) is 0 Å². The number of epoxide rings is 1. The second-order valence-corrected chi connectivity index (χ2v) is 4.41. The Kier molecular flexibility index (Phi) is 2.34. The van der Waals surface area contributed by atoms with Gasteiger partial charge < -0.3 is 4.74 Å². The summed E-state index contributed by atoms with van der Waals surface area (Å²) in [6.45, 7) is 0. The van der Waals surface area contributed by atoms with E-state index >= 15 is 0 Å². The Morgan fingerprint density at radius 2 is 1.87 bits per heavy atom. The van der Waals surface area contributed by atoms with Crippen LogP contribution >= 0.6 is 0 Å². The van der Waals surface area contributed by atoms with Gasteiger partial charge in [-0.25, -0.2) is 0 Å². The van der Waals surface area contributed by atoms with Crippen LogP contribution in [0, 0.1) is 0 Å². The summed E-state index contributed by atoms with van der Waals surface area (Å²) >= 11 is 0. The zero-order valence-corrected chi connectivity index (χ0v) is 8.86. The Morgan fingerprint density at radius 3 is 2.60 bits per heavy atom. The molecular formula is C14H16O. The van der Waals surface area contributed by atoms with Crippen molar-refractivity contribution in [1.29, 1.82) is 0 Å². The first-order valence-electron chi connectivity index (χ1n) is 5.84. The molecular weight excluding hydrogens is 184 g/mol. The number of ether oxygens (including phenoxy) is 1. The van der Waals surface area contributed by atoms with Crippen LogP contribution in [0.3, 0.4) is 0 Å². The third-order valence-electron chi connectivity index (χ3n) is 3.31. The van der Waals surface area contributed by atoms with Crippen LogP contribution in [0.4, 0.5) is 0 Å². The highest BCUT2D eigenvalue weighted by molar-refractivity contribution is 5.29. The highest BCUT2D eigenvalue weighted by atomic mass is 16.6. The molecule has 1 fully saturated rings. The smallest absolute Gasteiger partial charge is 0.113 e.